The third-order valence-electron chi connectivity index (χ3n) is 6.08. The van der Waals surface area contributed by atoms with E-state index in [2.05, 4.69) is 18.8 Å². The molecule has 0 spiro atoms. The van der Waals surface area contributed by atoms with Crippen LogP contribution in [-0.4, -0.2) is 29.1 Å². The highest BCUT2D eigenvalue weighted by atomic mass is 16.5. The SMILES string of the molecule is CC1=NC2=C(C(=O)CC(C)(C)C2)[C@H](c2cccnc2)C1C(=O)OCCc1ccccc1. The van der Waals surface area contributed by atoms with Crippen molar-refractivity contribution < 1.29 is 14.3 Å². The van der Waals surface area contributed by atoms with Crippen LogP contribution in [0.5, 0.6) is 0 Å². The molecule has 2 heterocycles. The average molecular weight is 417 g/mol. The van der Waals surface area contributed by atoms with Gasteiger partial charge >= 0.3 is 5.97 Å². The van der Waals surface area contributed by atoms with E-state index >= 15 is 0 Å². The molecule has 2 aliphatic rings. The second-order valence-electron chi connectivity index (χ2n) is 9.20. The standard InChI is InChI=1S/C26H28N2O3/c1-17-22(25(30)31-13-11-18-8-5-4-6-9-18)23(19-10-7-12-27-16-19)24-20(28-17)14-26(2,3)15-21(24)29/h4-10,12,16,22-23H,11,13-15H2,1-3H3/t22?,23-/m1/s1. The summed E-state index contributed by atoms with van der Waals surface area (Å²) >= 11 is 0. The highest BCUT2D eigenvalue weighted by Crippen LogP contribution is 2.47. The van der Waals surface area contributed by atoms with Crippen LogP contribution in [0.25, 0.3) is 0 Å². The largest absolute Gasteiger partial charge is 0.465 e. The molecule has 2 aromatic rings. The van der Waals surface area contributed by atoms with Gasteiger partial charge < -0.3 is 4.74 Å². The second kappa shape index (κ2) is 8.58. The number of aromatic nitrogens is 1. The molecule has 0 fully saturated rings. The van der Waals surface area contributed by atoms with E-state index in [9.17, 15) is 9.59 Å². The van der Waals surface area contributed by atoms with E-state index in [1.165, 1.54) is 0 Å². The van der Waals surface area contributed by atoms with E-state index in [-0.39, 0.29) is 17.2 Å². The van der Waals surface area contributed by atoms with Gasteiger partial charge in [0.15, 0.2) is 5.78 Å². The minimum atomic E-state index is -0.621. The molecule has 160 valence electrons. The van der Waals surface area contributed by atoms with E-state index < -0.39 is 11.8 Å². The maximum Gasteiger partial charge on any atom is 0.315 e. The molecule has 1 aromatic carbocycles. The summed E-state index contributed by atoms with van der Waals surface area (Å²) in [5, 5.41) is 0. The minimum Gasteiger partial charge on any atom is -0.465 e. The van der Waals surface area contributed by atoms with Gasteiger partial charge in [-0.15, -0.1) is 0 Å². The van der Waals surface area contributed by atoms with Crippen LogP contribution in [0.2, 0.25) is 0 Å². The van der Waals surface area contributed by atoms with Crippen molar-refractivity contribution in [1.29, 1.82) is 0 Å². The lowest BCUT2D eigenvalue weighted by atomic mass is 9.67. The number of carbonyl (C=O) groups is 2. The van der Waals surface area contributed by atoms with Gasteiger partial charge in [0, 0.05) is 48.1 Å². The molecule has 1 aliphatic carbocycles. The lowest BCUT2D eigenvalue weighted by molar-refractivity contribution is -0.146. The van der Waals surface area contributed by atoms with Gasteiger partial charge in [0.2, 0.25) is 0 Å². The Hall–Kier alpha value is -3.08. The number of pyridine rings is 1. The molecule has 0 N–H and O–H groups in total. The number of rotatable bonds is 5. The smallest absolute Gasteiger partial charge is 0.315 e. The summed E-state index contributed by atoms with van der Waals surface area (Å²) in [6.45, 7) is 6.33. The van der Waals surface area contributed by atoms with Crippen molar-refractivity contribution in [3.63, 3.8) is 0 Å². The number of benzene rings is 1. The monoisotopic (exact) mass is 416 g/mol. The van der Waals surface area contributed by atoms with E-state index in [1.54, 1.807) is 12.4 Å². The summed E-state index contributed by atoms with van der Waals surface area (Å²) in [5.41, 5.74) is 3.99. The molecule has 1 aliphatic heterocycles. The molecule has 0 saturated carbocycles. The Kier molecular flexibility index (Phi) is 5.86. The van der Waals surface area contributed by atoms with Gasteiger partial charge in [-0.2, -0.15) is 0 Å². The predicted octanol–water partition coefficient (Wildman–Crippen LogP) is 4.69. The number of hydrogen-bond donors (Lipinski definition) is 0. The summed E-state index contributed by atoms with van der Waals surface area (Å²) < 4.78 is 5.69. The van der Waals surface area contributed by atoms with Crippen LogP contribution in [0.15, 0.2) is 71.1 Å². The Morgan fingerprint density at radius 1 is 1.13 bits per heavy atom. The number of ether oxygens (including phenoxy) is 1. The van der Waals surface area contributed by atoms with Crippen molar-refractivity contribution in [2.24, 2.45) is 16.3 Å². The molecule has 5 nitrogen and oxygen atoms in total. The average Bonchev–Trinajstić information content (AvgIpc) is 2.73. The quantitative estimate of drug-likeness (QED) is 0.664. The molecule has 0 bridgehead atoms. The zero-order valence-corrected chi connectivity index (χ0v) is 18.3. The van der Waals surface area contributed by atoms with Crippen LogP contribution in [-0.2, 0) is 20.7 Å². The highest BCUT2D eigenvalue weighted by Gasteiger charge is 2.46. The lowest BCUT2D eigenvalue weighted by Crippen LogP contribution is -2.39. The summed E-state index contributed by atoms with van der Waals surface area (Å²) in [7, 11) is 0. The van der Waals surface area contributed by atoms with E-state index in [0.29, 0.717) is 30.7 Å². The normalized spacial score (nSPS) is 22.5. The van der Waals surface area contributed by atoms with Gasteiger partial charge in [0.05, 0.1) is 6.61 Å². The zero-order valence-electron chi connectivity index (χ0n) is 18.3. The Morgan fingerprint density at radius 3 is 2.61 bits per heavy atom. The molecule has 4 rings (SSSR count). The van der Waals surface area contributed by atoms with Gasteiger partial charge in [0.1, 0.15) is 5.92 Å². The van der Waals surface area contributed by atoms with Crippen LogP contribution in [0.1, 0.15) is 50.7 Å². The molecule has 1 unspecified atom stereocenters. The Morgan fingerprint density at radius 2 is 1.90 bits per heavy atom. The summed E-state index contributed by atoms with van der Waals surface area (Å²) in [4.78, 5) is 35.4. The molecule has 0 saturated heterocycles. The molecule has 5 heteroatoms. The second-order valence-corrected chi connectivity index (χ2v) is 9.20. The van der Waals surface area contributed by atoms with Crippen molar-refractivity contribution >= 4 is 17.5 Å². The maximum absolute atomic E-state index is 13.2. The maximum atomic E-state index is 13.2. The Bertz CT molecular complexity index is 1040. The number of esters is 1. The van der Waals surface area contributed by atoms with Crippen molar-refractivity contribution in [2.45, 2.75) is 46.0 Å². The van der Waals surface area contributed by atoms with Gasteiger partial charge in [-0.05, 0) is 36.0 Å². The van der Waals surface area contributed by atoms with E-state index in [4.69, 9.17) is 9.73 Å². The number of ketones is 1. The lowest BCUT2D eigenvalue weighted by Gasteiger charge is -2.38. The van der Waals surface area contributed by atoms with Crippen molar-refractivity contribution in [2.75, 3.05) is 6.61 Å². The van der Waals surface area contributed by atoms with Crippen molar-refractivity contribution in [3.8, 4) is 0 Å². The zero-order chi connectivity index (χ0) is 22.0. The van der Waals surface area contributed by atoms with Gasteiger partial charge in [-0.1, -0.05) is 50.2 Å². The Labute approximate surface area is 183 Å². The van der Waals surface area contributed by atoms with E-state index in [0.717, 1.165) is 23.2 Å². The number of nitrogens with zero attached hydrogens (tertiary/aromatic N) is 2. The summed E-state index contributed by atoms with van der Waals surface area (Å²) in [5.74, 6) is -1.30. The van der Waals surface area contributed by atoms with Crippen molar-refractivity contribution in [1.82, 2.24) is 4.98 Å². The third kappa shape index (κ3) is 4.50. The van der Waals surface area contributed by atoms with Crippen LogP contribution < -0.4 is 0 Å². The van der Waals surface area contributed by atoms with Crippen LogP contribution >= 0.6 is 0 Å². The molecular formula is C26H28N2O3. The van der Waals surface area contributed by atoms with Crippen LogP contribution in [0.3, 0.4) is 0 Å². The minimum absolute atomic E-state index is 0.0680. The number of hydrogen-bond acceptors (Lipinski definition) is 5. The molecule has 0 amide bonds. The molecule has 31 heavy (non-hydrogen) atoms. The molecule has 0 radical (unpaired) electrons. The first-order chi connectivity index (χ1) is 14.9. The first-order valence-electron chi connectivity index (χ1n) is 10.8. The first kappa shape index (κ1) is 21.2. The number of carbonyl (C=O) groups excluding carboxylic acids is 2. The fourth-order valence-corrected chi connectivity index (χ4v) is 4.67. The van der Waals surface area contributed by atoms with E-state index in [1.807, 2.05) is 49.4 Å². The molecule has 2 atom stereocenters. The topological polar surface area (TPSA) is 68.6 Å². The molecule has 1 aromatic heterocycles. The predicted molar refractivity (Wildman–Crippen MR) is 120 cm³/mol. The Balaban J connectivity index is 1.63. The van der Waals surface area contributed by atoms with Gasteiger partial charge in [-0.3, -0.25) is 19.6 Å². The van der Waals surface area contributed by atoms with Gasteiger partial charge in [0.25, 0.3) is 0 Å². The van der Waals surface area contributed by atoms with Gasteiger partial charge in [-0.25, -0.2) is 0 Å². The van der Waals surface area contributed by atoms with Crippen LogP contribution in [0, 0.1) is 11.3 Å². The number of aliphatic imine (C=N–C) groups is 1. The summed E-state index contributed by atoms with van der Waals surface area (Å²) in [6, 6.07) is 13.7. The number of allylic oxidation sites excluding steroid dienone is 2. The fourth-order valence-electron chi connectivity index (χ4n) is 4.67. The highest BCUT2D eigenvalue weighted by molar-refractivity contribution is 6.09. The number of Topliss-reactive ketones (excluding diaryl/α,β-unsaturated/α-hetero) is 1. The van der Waals surface area contributed by atoms with Crippen LogP contribution in [0.4, 0.5) is 0 Å². The molecular weight excluding hydrogens is 388 g/mol. The third-order valence-corrected chi connectivity index (χ3v) is 6.08. The summed E-state index contributed by atoms with van der Waals surface area (Å²) in [6.07, 6.45) is 5.26. The van der Waals surface area contributed by atoms with Crippen molar-refractivity contribution in [3.05, 3.63) is 77.3 Å². The first-order valence-corrected chi connectivity index (χ1v) is 10.8. The fraction of sp³-hybridized carbons (Fsp3) is 0.385.